The molecule has 7 heteroatoms. The summed E-state index contributed by atoms with van der Waals surface area (Å²) in [6.07, 6.45) is 1.15. The summed E-state index contributed by atoms with van der Waals surface area (Å²) >= 11 is 0. The lowest BCUT2D eigenvalue weighted by molar-refractivity contribution is -0.118. The molecule has 124 valence electrons. The van der Waals surface area contributed by atoms with E-state index in [0.29, 0.717) is 29.9 Å². The highest BCUT2D eigenvalue weighted by Crippen LogP contribution is 2.51. The van der Waals surface area contributed by atoms with Gasteiger partial charge >= 0.3 is 0 Å². The second kappa shape index (κ2) is 5.15. The zero-order chi connectivity index (χ0) is 16.9. The highest BCUT2D eigenvalue weighted by atomic mass is 19.2. The zero-order valence-corrected chi connectivity index (χ0v) is 12.4. The van der Waals surface area contributed by atoms with Crippen molar-refractivity contribution in [1.82, 2.24) is 0 Å². The SMILES string of the molecule is O=C(Nc1ccc(F)c(F)c1F)C1(c2ccc3c(c2)OCO3)CC1. The van der Waals surface area contributed by atoms with Crippen molar-refractivity contribution in [3.8, 4) is 11.5 Å². The van der Waals surface area contributed by atoms with Gasteiger partial charge in [0.05, 0.1) is 11.1 Å². The fourth-order valence-corrected chi connectivity index (χ4v) is 2.83. The number of carbonyl (C=O) groups excluding carboxylic acids is 1. The predicted octanol–water partition coefficient (Wildman–Crippen LogP) is 3.50. The van der Waals surface area contributed by atoms with Crippen LogP contribution in [0.25, 0.3) is 0 Å². The van der Waals surface area contributed by atoms with E-state index in [-0.39, 0.29) is 12.5 Å². The van der Waals surface area contributed by atoms with Crippen molar-refractivity contribution in [3.63, 3.8) is 0 Å². The molecule has 2 aromatic carbocycles. The average molecular weight is 335 g/mol. The average Bonchev–Trinajstić information content (AvgIpc) is 3.26. The minimum Gasteiger partial charge on any atom is -0.454 e. The van der Waals surface area contributed by atoms with Crippen molar-refractivity contribution < 1.29 is 27.4 Å². The number of hydrogen-bond donors (Lipinski definition) is 1. The molecule has 1 saturated carbocycles. The molecule has 2 aliphatic rings. The molecule has 0 spiro atoms. The van der Waals surface area contributed by atoms with E-state index in [0.717, 1.165) is 12.1 Å². The summed E-state index contributed by atoms with van der Waals surface area (Å²) in [7, 11) is 0. The maximum absolute atomic E-state index is 13.7. The molecule has 1 heterocycles. The molecule has 1 fully saturated rings. The Labute approximate surface area is 135 Å². The topological polar surface area (TPSA) is 47.6 Å². The number of nitrogens with one attached hydrogen (secondary N) is 1. The van der Waals surface area contributed by atoms with E-state index in [1.807, 2.05) is 0 Å². The minimum absolute atomic E-state index is 0.123. The normalized spacial score (nSPS) is 16.8. The lowest BCUT2D eigenvalue weighted by atomic mass is 9.94. The van der Waals surface area contributed by atoms with Gasteiger partial charge in [0.15, 0.2) is 29.0 Å². The van der Waals surface area contributed by atoms with Gasteiger partial charge in [-0.05, 0) is 42.7 Å². The van der Waals surface area contributed by atoms with Crippen molar-refractivity contribution in [1.29, 1.82) is 0 Å². The van der Waals surface area contributed by atoms with Crippen molar-refractivity contribution in [3.05, 3.63) is 53.3 Å². The number of fused-ring (bicyclic) bond motifs is 1. The number of benzene rings is 2. The molecular formula is C17H12F3NO3. The van der Waals surface area contributed by atoms with Gasteiger partial charge < -0.3 is 14.8 Å². The summed E-state index contributed by atoms with van der Waals surface area (Å²) in [6, 6.07) is 6.96. The van der Waals surface area contributed by atoms with Crippen LogP contribution in [0.1, 0.15) is 18.4 Å². The van der Waals surface area contributed by atoms with E-state index in [1.54, 1.807) is 18.2 Å². The van der Waals surface area contributed by atoms with Crippen LogP contribution in [0.5, 0.6) is 11.5 Å². The minimum atomic E-state index is -1.61. The van der Waals surface area contributed by atoms with E-state index in [2.05, 4.69) is 5.32 Å². The molecule has 2 aromatic rings. The molecule has 1 N–H and O–H groups in total. The number of anilines is 1. The fourth-order valence-electron chi connectivity index (χ4n) is 2.83. The molecule has 1 aliphatic carbocycles. The Morgan fingerprint density at radius 1 is 1.00 bits per heavy atom. The number of carbonyl (C=O) groups is 1. The molecular weight excluding hydrogens is 323 g/mol. The van der Waals surface area contributed by atoms with Crippen LogP contribution in [-0.4, -0.2) is 12.7 Å². The van der Waals surface area contributed by atoms with Crippen molar-refractivity contribution >= 4 is 11.6 Å². The molecule has 0 radical (unpaired) electrons. The van der Waals surface area contributed by atoms with Gasteiger partial charge in [-0.2, -0.15) is 0 Å². The molecule has 4 nitrogen and oxygen atoms in total. The highest BCUT2D eigenvalue weighted by Gasteiger charge is 2.52. The van der Waals surface area contributed by atoms with Crippen molar-refractivity contribution in [2.75, 3.05) is 12.1 Å². The zero-order valence-electron chi connectivity index (χ0n) is 12.4. The first-order chi connectivity index (χ1) is 11.5. The predicted molar refractivity (Wildman–Crippen MR) is 78.4 cm³/mol. The number of amides is 1. The van der Waals surface area contributed by atoms with Crippen LogP contribution in [-0.2, 0) is 10.2 Å². The van der Waals surface area contributed by atoms with Crippen LogP contribution in [0.2, 0.25) is 0 Å². The molecule has 1 amide bonds. The second-order valence-electron chi connectivity index (χ2n) is 5.83. The first-order valence-electron chi connectivity index (χ1n) is 7.36. The molecule has 0 atom stereocenters. The van der Waals surface area contributed by atoms with E-state index in [9.17, 15) is 18.0 Å². The quantitative estimate of drug-likeness (QED) is 0.874. The maximum Gasteiger partial charge on any atom is 0.235 e. The van der Waals surface area contributed by atoms with Crippen molar-refractivity contribution in [2.24, 2.45) is 0 Å². The van der Waals surface area contributed by atoms with Gasteiger partial charge in [-0.3, -0.25) is 4.79 Å². The van der Waals surface area contributed by atoms with Gasteiger partial charge in [-0.25, -0.2) is 13.2 Å². The summed E-state index contributed by atoms with van der Waals surface area (Å²) in [5, 5.41) is 2.35. The number of halogens is 3. The Bertz CT molecular complexity index is 849. The summed E-state index contributed by atoms with van der Waals surface area (Å²) in [4.78, 5) is 12.6. The van der Waals surface area contributed by atoms with E-state index >= 15 is 0 Å². The molecule has 1 aliphatic heterocycles. The standard InChI is InChI=1S/C17H12F3NO3/c18-10-2-3-11(15(20)14(10)19)21-16(22)17(5-6-17)9-1-4-12-13(7-9)24-8-23-12/h1-4,7H,5-6,8H2,(H,21,22). The van der Waals surface area contributed by atoms with Gasteiger partial charge in [0.25, 0.3) is 0 Å². The molecule has 0 aromatic heterocycles. The maximum atomic E-state index is 13.7. The van der Waals surface area contributed by atoms with Gasteiger partial charge in [0.1, 0.15) is 0 Å². The van der Waals surface area contributed by atoms with Crippen LogP contribution in [0.15, 0.2) is 30.3 Å². The van der Waals surface area contributed by atoms with Crippen LogP contribution in [0.3, 0.4) is 0 Å². The van der Waals surface area contributed by atoms with Gasteiger partial charge in [-0.1, -0.05) is 6.07 Å². The van der Waals surface area contributed by atoms with Crippen molar-refractivity contribution in [2.45, 2.75) is 18.3 Å². The summed E-state index contributed by atoms with van der Waals surface area (Å²) < 4.78 is 50.6. The monoisotopic (exact) mass is 335 g/mol. The lowest BCUT2D eigenvalue weighted by Crippen LogP contribution is -2.28. The van der Waals surface area contributed by atoms with Crippen LogP contribution in [0, 0.1) is 17.5 Å². The Kier molecular flexibility index (Phi) is 3.19. The number of hydrogen-bond acceptors (Lipinski definition) is 3. The molecule has 0 bridgehead atoms. The smallest absolute Gasteiger partial charge is 0.235 e. The van der Waals surface area contributed by atoms with Gasteiger partial charge in [0.2, 0.25) is 12.7 Å². The molecule has 0 unspecified atom stereocenters. The Balaban J connectivity index is 1.61. The molecule has 0 saturated heterocycles. The third-order valence-corrected chi connectivity index (χ3v) is 4.39. The largest absolute Gasteiger partial charge is 0.454 e. The molecule has 4 rings (SSSR count). The second-order valence-corrected chi connectivity index (χ2v) is 5.83. The first-order valence-corrected chi connectivity index (χ1v) is 7.36. The first kappa shape index (κ1) is 14.9. The van der Waals surface area contributed by atoms with E-state index in [1.165, 1.54) is 0 Å². The Morgan fingerprint density at radius 3 is 2.50 bits per heavy atom. The summed E-state index contributed by atoms with van der Waals surface area (Å²) in [6.45, 7) is 0.123. The lowest BCUT2D eigenvalue weighted by Gasteiger charge is -2.17. The van der Waals surface area contributed by atoms with E-state index < -0.39 is 28.8 Å². The van der Waals surface area contributed by atoms with Gasteiger partial charge in [-0.15, -0.1) is 0 Å². The molecule has 24 heavy (non-hydrogen) atoms. The Hall–Kier alpha value is -2.70. The third-order valence-electron chi connectivity index (χ3n) is 4.39. The van der Waals surface area contributed by atoms with Crippen LogP contribution in [0.4, 0.5) is 18.9 Å². The third kappa shape index (κ3) is 2.19. The van der Waals surface area contributed by atoms with E-state index in [4.69, 9.17) is 9.47 Å². The fraction of sp³-hybridized carbons (Fsp3) is 0.235. The summed E-state index contributed by atoms with van der Waals surface area (Å²) in [5.74, 6) is -3.65. The number of ether oxygens (including phenoxy) is 2. The van der Waals surface area contributed by atoms with Crippen LogP contribution < -0.4 is 14.8 Å². The Morgan fingerprint density at radius 2 is 1.75 bits per heavy atom. The highest BCUT2D eigenvalue weighted by molar-refractivity contribution is 6.01. The van der Waals surface area contributed by atoms with Gasteiger partial charge in [0, 0.05) is 0 Å². The number of rotatable bonds is 3. The van der Waals surface area contributed by atoms with Crippen LogP contribution >= 0.6 is 0 Å². The summed E-state index contributed by atoms with van der Waals surface area (Å²) in [5.41, 5.74) is -0.490.